The third kappa shape index (κ3) is 13.9. The van der Waals surface area contributed by atoms with Crippen molar-refractivity contribution in [2.75, 3.05) is 0 Å². The Labute approximate surface area is 126 Å². The van der Waals surface area contributed by atoms with Crippen LogP contribution >= 0.6 is 0 Å². The molecule has 0 radical (unpaired) electrons. The molecule has 0 aliphatic carbocycles. The predicted molar refractivity (Wildman–Crippen MR) is 86.3 cm³/mol. The lowest BCUT2D eigenvalue weighted by molar-refractivity contribution is -0.115. The number of rotatable bonds is 12. The fourth-order valence-corrected chi connectivity index (χ4v) is 2.24. The Kier molecular flexibility index (Phi) is 13.1. The highest BCUT2D eigenvalue weighted by Crippen LogP contribution is 2.12. The third-order valence-electron chi connectivity index (χ3n) is 3.57. The molecule has 0 saturated heterocycles. The highest BCUT2D eigenvalue weighted by Gasteiger charge is 2.18. The molecule has 0 aromatic heterocycles. The highest BCUT2D eigenvalue weighted by molar-refractivity contribution is 5.08. The van der Waals surface area contributed by atoms with E-state index in [1.165, 1.54) is 38.5 Å². The summed E-state index contributed by atoms with van der Waals surface area (Å²) in [6.07, 6.45) is 14.2. The van der Waals surface area contributed by atoms with Crippen molar-refractivity contribution in [3.05, 3.63) is 0 Å². The summed E-state index contributed by atoms with van der Waals surface area (Å²) < 4.78 is 0. The molecule has 0 aliphatic heterocycles. The van der Waals surface area contributed by atoms with Gasteiger partial charge in [0.05, 0.1) is 0 Å². The fraction of sp³-hybridized carbons (Fsp3) is 0.889. The minimum atomic E-state index is -1.77. The van der Waals surface area contributed by atoms with Crippen LogP contribution in [-0.2, 0) is 0 Å². The van der Waals surface area contributed by atoms with Crippen LogP contribution in [0.15, 0.2) is 0 Å². The average Bonchev–Trinajstić information content (AvgIpc) is 2.42. The summed E-state index contributed by atoms with van der Waals surface area (Å²) in [6.45, 7) is 4.38. The largest absolute Gasteiger partial charge is 0.356 e. The Morgan fingerprint density at radius 2 is 1.20 bits per heavy atom. The normalized spacial score (nSPS) is 11.2. The molecule has 2 heteroatoms. The van der Waals surface area contributed by atoms with E-state index in [1.54, 1.807) is 0 Å². The molecule has 0 bridgehead atoms. The molecule has 2 nitrogen and oxygen atoms in total. The lowest BCUT2D eigenvalue weighted by Crippen LogP contribution is -2.25. The SMILES string of the molecule is CCCCCCCCCC#CC(O)(O)CCCCCC. The van der Waals surface area contributed by atoms with E-state index in [1.807, 2.05) is 0 Å². The zero-order valence-corrected chi connectivity index (χ0v) is 13.6. The first-order valence-electron chi connectivity index (χ1n) is 8.57. The molecule has 20 heavy (non-hydrogen) atoms. The van der Waals surface area contributed by atoms with Gasteiger partial charge in [0.15, 0.2) is 0 Å². The summed E-state index contributed by atoms with van der Waals surface area (Å²) in [5, 5.41) is 19.4. The van der Waals surface area contributed by atoms with Crippen molar-refractivity contribution in [2.45, 2.75) is 103 Å². The van der Waals surface area contributed by atoms with Gasteiger partial charge in [-0.15, -0.1) is 0 Å². The highest BCUT2D eigenvalue weighted by atomic mass is 16.5. The summed E-state index contributed by atoms with van der Waals surface area (Å²) >= 11 is 0. The third-order valence-corrected chi connectivity index (χ3v) is 3.57. The van der Waals surface area contributed by atoms with Gasteiger partial charge >= 0.3 is 0 Å². The maximum absolute atomic E-state index is 9.70. The monoisotopic (exact) mass is 282 g/mol. The summed E-state index contributed by atoms with van der Waals surface area (Å²) in [7, 11) is 0. The van der Waals surface area contributed by atoms with Crippen molar-refractivity contribution in [3.63, 3.8) is 0 Å². The predicted octanol–water partition coefficient (Wildman–Crippen LogP) is 4.78. The van der Waals surface area contributed by atoms with Gasteiger partial charge in [-0.25, -0.2) is 0 Å². The first-order chi connectivity index (χ1) is 9.62. The minimum absolute atomic E-state index is 0.372. The Hall–Kier alpha value is -0.520. The second-order valence-electron chi connectivity index (χ2n) is 5.80. The van der Waals surface area contributed by atoms with Gasteiger partial charge in [-0.05, 0) is 18.8 Å². The summed E-state index contributed by atoms with van der Waals surface area (Å²) in [5.41, 5.74) is 0. The zero-order chi connectivity index (χ0) is 15.1. The summed E-state index contributed by atoms with van der Waals surface area (Å²) in [5.74, 6) is 3.76. The van der Waals surface area contributed by atoms with Crippen LogP contribution in [0, 0.1) is 11.8 Å². The van der Waals surface area contributed by atoms with Crippen molar-refractivity contribution in [1.82, 2.24) is 0 Å². The fourth-order valence-electron chi connectivity index (χ4n) is 2.24. The van der Waals surface area contributed by atoms with E-state index in [2.05, 4.69) is 25.7 Å². The van der Waals surface area contributed by atoms with Crippen molar-refractivity contribution in [2.24, 2.45) is 0 Å². The van der Waals surface area contributed by atoms with Gasteiger partial charge in [-0.2, -0.15) is 0 Å². The molecule has 0 rings (SSSR count). The van der Waals surface area contributed by atoms with Crippen LogP contribution in [-0.4, -0.2) is 16.0 Å². The minimum Gasteiger partial charge on any atom is -0.356 e. The molecular formula is C18H34O2. The van der Waals surface area contributed by atoms with Crippen LogP contribution in [0.1, 0.15) is 97.3 Å². The lowest BCUT2D eigenvalue weighted by atomic mass is 10.1. The van der Waals surface area contributed by atoms with Gasteiger partial charge in [-0.3, -0.25) is 0 Å². The molecule has 0 aliphatic rings. The van der Waals surface area contributed by atoms with Crippen molar-refractivity contribution < 1.29 is 10.2 Å². The molecule has 0 unspecified atom stereocenters. The first-order valence-corrected chi connectivity index (χ1v) is 8.57. The molecule has 0 heterocycles. The smallest absolute Gasteiger partial charge is 0.228 e. The summed E-state index contributed by atoms with van der Waals surface area (Å²) in [6, 6.07) is 0. The molecule has 2 N–H and O–H groups in total. The number of hydrogen-bond donors (Lipinski definition) is 2. The maximum Gasteiger partial charge on any atom is 0.228 e. The van der Waals surface area contributed by atoms with Gasteiger partial charge in [0.25, 0.3) is 0 Å². The van der Waals surface area contributed by atoms with Crippen LogP contribution in [0.4, 0.5) is 0 Å². The van der Waals surface area contributed by atoms with Gasteiger partial charge in [0.2, 0.25) is 5.79 Å². The van der Waals surface area contributed by atoms with Crippen LogP contribution in [0.3, 0.4) is 0 Å². The summed E-state index contributed by atoms with van der Waals surface area (Å²) in [4.78, 5) is 0. The molecular weight excluding hydrogens is 248 g/mol. The first kappa shape index (κ1) is 19.5. The van der Waals surface area contributed by atoms with E-state index >= 15 is 0 Å². The van der Waals surface area contributed by atoms with Crippen LogP contribution in [0.25, 0.3) is 0 Å². The second kappa shape index (κ2) is 13.5. The Bertz CT molecular complexity index is 260. The Morgan fingerprint density at radius 1 is 0.700 bits per heavy atom. The van der Waals surface area contributed by atoms with Crippen LogP contribution < -0.4 is 0 Å². The number of aliphatic hydroxyl groups is 2. The van der Waals surface area contributed by atoms with Gasteiger partial charge < -0.3 is 10.2 Å². The molecule has 0 aromatic carbocycles. The zero-order valence-electron chi connectivity index (χ0n) is 13.6. The molecule has 0 aromatic rings. The topological polar surface area (TPSA) is 40.5 Å². The van der Waals surface area contributed by atoms with Gasteiger partial charge in [0.1, 0.15) is 0 Å². The van der Waals surface area contributed by atoms with E-state index in [0.29, 0.717) is 6.42 Å². The van der Waals surface area contributed by atoms with E-state index in [0.717, 1.165) is 38.5 Å². The number of unbranched alkanes of at least 4 members (excludes halogenated alkanes) is 10. The van der Waals surface area contributed by atoms with E-state index in [4.69, 9.17) is 0 Å². The van der Waals surface area contributed by atoms with Crippen molar-refractivity contribution in [1.29, 1.82) is 0 Å². The molecule has 0 spiro atoms. The Morgan fingerprint density at radius 3 is 1.80 bits per heavy atom. The van der Waals surface area contributed by atoms with Gasteiger partial charge in [-0.1, -0.05) is 77.6 Å². The molecule has 0 fully saturated rings. The molecule has 0 amide bonds. The second-order valence-corrected chi connectivity index (χ2v) is 5.80. The maximum atomic E-state index is 9.70. The van der Waals surface area contributed by atoms with Crippen molar-refractivity contribution in [3.8, 4) is 11.8 Å². The standard InChI is InChI=1S/C18H34O2/c1-3-5-7-9-10-11-12-13-15-17-18(19,20)16-14-8-6-4-2/h19-20H,3-14,16H2,1-2H3. The van der Waals surface area contributed by atoms with Crippen LogP contribution in [0.5, 0.6) is 0 Å². The molecule has 0 saturated carbocycles. The van der Waals surface area contributed by atoms with Crippen LogP contribution in [0.2, 0.25) is 0 Å². The molecule has 118 valence electrons. The van der Waals surface area contributed by atoms with Crippen molar-refractivity contribution >= 4 is 0 Å². The van der Waals surface area contributed by atoms with E-state index in [9.17, 15) is 10.2 Å². The number of hydrogen-bond acceptors (Lipinski definition) is 2. The van der Waals surface area contributed by atoms with E-state index in [-0.39, 0.29) is 0 Å². The molecule has 0 atom stereocenters. The average molecular weight is 282 g/mol. The van der Waals surface area contributed by atoms with Gasteiger partial charge in [0, 0.05) is 12.8 Å². The quantitative estimate of drug-likeness (QED) is 0.307. The Balaban J connectivity index is 3.52. The lowest BCUT2D eigenvalue weighted by Gasteiger charge is -2.14. The van der Waals surface area contributed by atoms with E-state index < -0.39 is 5.79 Å².